The lowest BCUT2D eigenvalue weighted by molar-refractivity contribution is -0.0191. The summed E-state index contributed by atoms with van der Waals surface area (Å²) >= 11 is 12.0. The molecule has 1 fully saturated rings. The molecule has 1 saturated heterocycles. The van der Waals surface area contributed by atoms with Crippen LogP contribution >= 0.6 is 23.2 Å². The average molecular weight is 319 g/mol. The smallest absolute Gasteiger partial charge is 0.0929 e. The molecule has 0 bridgehead atoms. The van der Waals surface area contributed by atoms with Crippen molar-refractivity contribution in [2.45, 2.75) is 12.2 Å². The summed E-state index contributed by atoms with van der Waals surface area (Å²) in [6.07, 6.45) is -0.515. The molecule has 2 rings (SSSR count). The van der Waals surface area contributed by atoms with Crippen molar-refractivity contribution >= 4 is 23.2 Å². The van der Waals surface area contributed by atoms with Crippen LogP contribution in [0.3, 0.4) is 0 Å². The van der Waals surface area contributed by atoms with Crippen LogP contribution in [-0.2, 0) is 4.74 Å². The Bertz CT molecular complexity index is 445. The van der Waals surface area contributed by atoms with Gasteiger partial charge >= 0.3 is 0 Å². The van der Waals surface area contributed by atoms with Crippen molar-refractivity contribution < 1.29 is 9.84 Å². The summed E-state index contributed by atoms with van der Waals surface area (Å²) in [6, 6.07) is 5.10. The number of benzene rings is 1. The van der Waals surface area contributed by atoms with Crippen LogP contribution in [0.4, 0.5) is 0 Å². The number of nitrogens with zero attached hydrogens (tertiary/aromatic N) is 1. The Balaban J connectivity index is 1.80. The van der Waals surface area contributed by atoms with Crippen LogP contribution < -0.4 is 5.32 Å². The lowest BCUT2D eigenvalue weighted by Crippen LogP contribution is -2.45. The molecule has 112 valence electrons. The van der Waals surface area contributed by atoms with Gasteiger partial charge < -0.3 is 20.1 Å². The van der Waals surface area contributed by atoms with E-state index >= 15 is 0 Å². The van der Waals surface area contributed by atoms with Gasteiger partial charge in [-0.25, -0.2) is 0 Å². The predicted molar refractivity (Wildman–Crippen MR) is 81.5 cm³/mol. The zero-order valence-electron chi connectivity index (χ0n) is 11.5. The number of rotatable bonds is 5. The van der Waals surface area contributed by atoms with Crippen molar-refractivity contribution in [3.05, 3.63) is 33.8 Å². The summed E-state index contributed by atoms with van der Waals surface area (Å²) in [5, 5.41) is 14.5. The molecule has 1 heterocycles. The largest absolute Gasteiger partial charge is 0.387 e. The minimum absolute atomic E-state index is 0.163. The molecule has 6 heteroatoms. The lowest BCUT2D eigenvalue weighted by Gasteiger charge is -2.30. The summed E-state index contributed by atoms with van der Waals surface area (Å²) in [5.41, 5.74) is 0.647. The Morgan fingerprint density at radius 2 is 2.30 bits per heavy atom. The third-order valence-corrected chi connectivity index (χ3v) is 3.95. The molecular weight excluding hydrogens is 299 g/mol. The maximum absolute atomic E-state index is 10.2. The van der Waals surface area contributed by atoms with E-state index in [1.165, 1.54) is 0 Å². The summed E-state index contributed by atoms with van der Waals surface area (Å²) in [6.45, 7) is 3.76. The second kappa shape index (κ2) is 7.59. The maximum atomic E-state index is 10.2. The molecule has 4 nitrogen and oxygen atoms in total. The zero-order valence-corrected chi connectivity index (χ0v) is 13.0. The van der Waals surface area contributed by atoms with Gasteiger partial charge in [0.1, 0.15) is 0 Å². The number of likely N-dealkylation sites (N-methyl/N-ethyl adjacent to an activating group) is 1. The molecular formula is C14H20Cl2N2O2. The Labute approximate surface area is 129 Å². The molecule has 0 unspecified atom stereocenters. The molecule has 0 aliphatic carbocycles. The van der Waals surface area contributed by atoms with Crippen LogP contribution in [0.15, 0.2) is 18.2 Å². The SMILES string of the molecule is CN1CCO[C@@H](CNC[C@@H](O)c2cc(Cl)ccc2Cl)C1. The molecule has 1 aliphatic heterocycles. The maximum Gasteiger partial charge on any atom is 0.0929 e. The standard InChI is InChI=1S/C14H20Cl2N2O2/c1-18-4-5-20-11(9-18)7-17-8-14(19)12-6-10(15)2-3-13(12)16/h2-3,6,11,14,17,19H,4-5,7-9H2,1H3/t11-,14+/m0/s1. The van der Waals surface area contributed by atoms with Crippen molar-refractivity contribution in [1.29, 1.82) is 0 Å². The molecule has 0 saturated carbocycles. The van der Waals surface area contributed by atoms with Gasteiger partial charge in [0.15, 0.2) is 0 Å². The molecule has 0 amide bonds. The highest BCUT2D eigenvalue weighted by Crippen LogP contribution is 2.25. The molecule has 1 aromatic rings. The number of ether oxygens (including phenoxy) is 1. The van der Waals surface area contributed by atoms with Crippen molar-refractivity contribution in [3.8, 4) is 0 Å². The van der Waals surface area contributed by atoms with Crippen molar-refractivity contribution in [3.63, 3.8) is 0 Å². The highest BCUT2D eigenvalue weighted by molar-refractivity contribution is 6.33. The van der Waals surface area contributed by atoms with Gasteiger partial charge in [-0.1, -0.05) is 23.2 Å². The van der Waals surface area contributed by atoms with E-state index in [9.17, 15) is 5.11 Å². The van der Waals surface area contributed by atoms with Gasteiger partial charge in [0.05, 0.1) is 18.8 Å². The average Bonchev–Trinajstić information content (AvgIpc) is 2.41. The van der Waals surface area contributed by atoms with Crippen LogP contribution in [-0.4, -0.2) is 55.9 Å². The molecule has 0 aromatic heterocycles. The van der Waals surface area contributed by atoms with Gasteiger partial charge in [0.25, 0.3) is 0 Å². The fraction of sp³-hybridized carbons (Fsp3) is 0.571. The highest BCUT2D eigenvalue weighted by atomic mass is 35.5. The first-order valence-corrected chi connectivity index (χ1v) is 7.45. The Hall–Kier alpha value is -0.360. The van der Waals surface area contributed by atoms with Crippen molar-refractivity contribution in [2.24, 2.45) is 0 Å². The van der Waals surface area contributed by atoms with E-state index in [0.29, 0.717) is 28.7 Å². The molecule has 0 radical (unpaired) electrons. The normalized spacial score (nSPS) is 21.9. The molecule has 1 aliphatic rings. The Kier molecular flexibility index (Phi) is 6.08. The number of halogens is 2. The highest BCUT2D eigenvalue weighted by Gasteiger charge is 2.18. The molecule has 2 atom stereocenters. The van der Waals surface area contributed by atoms with Crippen LogP contribution in [0.2, 0.25) is 10.0 Å². The molecule has 1 aromatic carbocycles. The molecule has 0 spiro atoms. The Morgan fingerprint density at radius 1 is 1.50 bits per heavy atom. The third-order valence-electron chi connectivity index (χ3n) is 3.37. The van der Waals surface area contributed by atoms with E-state index in [0.717, 1.165) is 19.7 Å². The van der Waals surface area contributed by atoms with Gasteiger partial charge in [0, 0.05) is 41.8 Å². The topological polar surface area (TPSA) is 44.7 Å². The summed E-state index contributed by atoms with van der Waals surface area (Å²) < 4.78 is 5.65. The monoisotopic (exact) mass is 318 g/mol. The number of hydrogen-bond donors (Lipinski definition) is 2. The van der Waals surface area contributed by atoms with Gasteiger partial charge in [0.2, 0.25) is 0 Å². The first kappa shape index (κ1) is 16.0. The van der Waals surface area contributed by atoms with Gasteiger partial charge in [-0.2, -0.15) is 0 Å². The third kappa shape index (κ3) is 4.58. The van der Waals surface area contributed by atoms with E-state index in [-0.39, 0.29) is 6.10 Å². The van der Waals surface area contributed by atoms with E-state index in [1.807, 2.05) is 0 Å². The number of aliphatic hydroxyl groups is 1. The second-order valence-electron chi connectivity index (χ2n) is 5.09. The predicted octanol–water partition coefficient (Wildman–Crippen LogP) is 1.95. The fourth-order valence-electron chi connectivity index (χ4n) is 2.25. The van der Waals surface area contributed by atoms with Gasteiger partial charge in [-0.3, -0.25) is 0 Å². The van der Waals surface area contributed by atoms with E-state index < -0.39 is 6.10 Å². The van der Waals surface area contributed by atoms with Crippen molar-refractivity contribution in [1.82, 2.24) is 10.2 Å². The number of aliphatic hydroxyl groups excluding tert-OH is 1. The summed E-state index contributed by atoms with van der Waals surface area (Å²) in [4.78, 5) is 2.24. The van der Waals surface area contributed by atoms with Crippen LogP contribution in [0, 0.1) is 0 Å². The fourth-order valence-corrected chi connectivity index (χ4v) is 2.68. The van der Waals surface area contributed by atoms with E-state index in [2.05, 4.69) is 17.3 Å². The second-order valence-corrected chi connectivity index (χ2v) is 5.94. The van der Waals surface area contributed by atoms with Gasteiger partial charge in [-0.15, -0.1) is 0 Å². The minimum Gasteiger partial charge on any atom is -0.387 e. The van der Waals surface area contributed by atoms with E-state index in [4.69, 9.17) is 27.9 Å². The van der Waals surface area contributed by atoms with Crippen molar-refractivity contribution in [2.75, 3.05) is 39.8 Å². The quantitative estimate of drug-likeness (QED) is 0.871. The molecule has 20 heavy (non-hydrogen) atoms. The number of morpholine rings is 1. The van der Waals surface area contributed by atoms with Crippen LogP contribution in [0.5, 0.6) is 0 Å². The van der Waals surface area contributed by atoms with Gasteiger partial charge in [-0.05, 0) is 25.2 Å². The Morgan fingerprint density at radius 3 is 3.05 bits per heavy atom. The summed E-state index contributed by atoms with van der Waals surface area (Å²) in [7, 11) is 2.08. The van der Waals surface area contributed by atoms with E-state index in [1.54, 1.807) is 18.2 Å². The lowest BCUT2D eigenvalue weighted by atomic mass is 10.1. The van der Waals surface area contributed by atoms with Crippen LogP contribution in [0.25, 0.3) is 0 Å². The zero-order chi connectivity index (χ0) is 14.5. The molecule has 2 N–H and O–H groups in total. The first-order chi connectivity index (χ1) is 9.56. The summed E-state index contributed by atoms with van der Waals surface area (Å²) in [5.74, 6) is 0. The van der Waals surface area contributed by atoms with Crippen LogP contribution in [0.1, 0.15) is 11.7 Å². The number of hydrogen-bond acceptors (Lipinski definition) is 4. The minimum atomic E-state index is -0.678. The first-order valence-electron chi connectivity index (χ1n) is 6.70. The number of nitrogens with one attached hydrogen (secondary N) is 1.